The van der Waals surface area contributed by atoms with E-state index >= 15 is 0 Å². The number of aromatic nitrogens is 2. The van der Waals surface area contributed by atoms with Crippen LogP contribution in [0.25, 0.3) is 0 Å². The summed E-state index contributed by atoms with van der Waals surface area (Å²) in [6.45, 7) is 1.45. The topological polar surface area (TPSA) is 98.0 Å². The highest BCUT2D eigenvalue weighted by Gasteiger charge is 2.19. The zero-order chi connectivity index (χ0) is 15.2. The third-order valence-electron chi connectivity index (χ3n) is 2.59. The van der Waals surface area contributed by atoms with E-state index in [0.29, 0.717) is 9.47 Å². The van der Waals surface area contributed by atoms with Gasteiger partial charge in [-0.15, -0.1) is 10.2 Å². The van der Waals surface area contributed by atoms with Crippen LogP contribution in [-0.4, -0.2) is 27.6 Å². The molecule has 2 aromatic rings. The molecule has 0 bridgehead atoms. The highest BCUT2D eigenvalue weighted by Crippen LogP contribution is 2.23. The Labute approximate surface area is 130 Å². The number of anilines is 1. The summed E-state index contributed by atoms with van der Waals surface area (Å²) in [4.78, 5) is 23.7. The van der Waals surface area contributed by atoms with Crippen molar-refractivity contribution in [3.63, 3.8) is 0 Å². The minimum absolute atomic E-state index is 0.111. The number of Topliss-reactive ketones (excluding diaryl/α,β-unsaturated/α-hetero) is 1. The first-order valence-electron chi connectivity index (χ1n) is 6.13. The van der Waals surface area contributed by atoms with Crippen molar-refractivity contribution in [1.82, 2.24) is 15.5 Å². The first-order valence-corrected chi connectivity index (χ1v) is 7.93. The van der Waals surface area contributed by atoms with Crippen molar-refractivity contribution in [2.45, 2.75) is 17.3 Å². The lowest BCUT2D eigenvalue weighted by atomic mass is 10.0. The molecule has 1 aromatic heterocycles. The number of nitrogens with two attached hydrogens (primary N) is 1. The molecule has 1 heterocycles. The maximum Gasteiger partial charge on any atom is 0.231 e. The lowest BCUT2D eigenvalue weighted by molar-refractivity contribution is -0.125. The molecule has 0 aliphatic heterocycles. The van der Waals surface area contributed by atoms with Gasteiger partial charge in [0, 0.05) is 0 Å². The van der Waals surface area contributed by atoms with Gasteiger partial charge in [-0.1, -0.05) is 53.4 Å². The molecule has 1 amide bonds. The number of carbonyl (C=O) groups excluding carboxylic acids is 2. The fraction of sp³-hybridized carbons (Fsp3) is 0.231. The Kier molecular flexibility index (Phi) is 5.29. The average molecular weight is 322 g/mol. The predicted molar refractivity (Wildman–Crippen MR) is 83.1 cm³/mol. The van der Waals surface area contributed by atoms with E-state index in [1.165, 1.54) is 30.0 Å². The summed E-state index contributed by atoms with van der Waals surface area (Å²) in [6, 6.07) is 8.51. The number of rotatable bonds is 6. The van der Waals surface area contributed by atoms with Crippen LogP contribution in [0.2, 0.25) is 0 Å². The molecule has 0 aliphatic carbocycles. The van der Waals surface area contributed by atoms with Crippen molar-refractivity contribution in [2.24, 2.45) is 0 Å². The summed E-state index contributed by atoms with van der Waals surface area (Å²) >= 11 is 2.46. The molecule has 8 heteroatoms. The van der Waals surface area contributed by atoms with Crippen molar-refractivity contribution in [3.05, 3.63) is 35.9 Å². The maximum atomic E-state index is 12.0. The fourth-order valence-electron chi connectivity index (χ4n) is 1.67. The number of hydrogen-bond acceptors (Lipinski definition) is 7. The zero-order valence-electron chi connectivity index (χ0n) is 11.3. The second kappa shape index (κ2) is 7.19. The number of ketones is 1. The first-order chi connectivity index (χ1) is 10.1. The summed E-state index contributed by atoms with van der Waals surface area (Å²) < 4.78 is 0.627. The van der Waals surface area contributed by atoms with Crippen LogP contribution in [0.1, 0.15) is 18.5 Å². The van der Waals surface area contributed by atoms with E-state index < -0.39 is 6.04 Å². The lowest BCUT2D eigenvalue weighted by Gasteiger charge is -2.15. The Morgan fingerprint density at radius 2 is 2.05 bits per heavy atom. The van der Waals surface area contributed by atoms with Crippen LogP contribution < -0.4 is 11.1 Å². The molecule has 1 atom stereocenters. The van der Waals surface area contributed by atoms with Crippen molar-refractivity contribution < 1.29 is 9.59 Å². The van der Waals surface area contributed by atoms with Gasteiger partial charge in [0.05, 0.1) is 5.75 Å². The zero-order valence-corrected chi connectivity index (χ0v) is 12.9. The number of nitrogen functional groups attached to an aromatic ring is 1. The minimum atomic E-state index is -0.626. The first kappa shape index (κ1) is 15.5. The molecule has 0 saturated heterocycles. The molecular weight excluding hydrogens is 308 g/mol. The molecule has 1 aromatic carbocycles. The monoisotopic (exact) mass is 322 g/mol. The van der Waals surface area contributed by atoms with Crippen molar-refractivity contribution >= 4 is 39.9 Å². The summed E-state index contributed by atoms with van der Waals surface area (Å²) in [5.74, 6) is -0.192. The van der Waals surface area contributed by atoms with E-state index in [-0.39, 0.29) is 17.4 Å². The SMILES string of the molecule is CC(=O)[C@@H](NC(=O)CSc1nnc(N)s1)c1ccccc1. The summed E-state index contributed by atoms with van der Waals surface area (Å²) in [5, 5.41) is 10.6. The molecule has 0 radical (unpaired) electrons. The largest absolute Gasteiger partial charge is 0.374 e. The van der Waals surface area contributed by atoms with Gasteiger partial charge < -0.3 is 11.1 Å². The second-order valence-corrected chi connectivity index (χ2v) is 6.45. The second-order valence-electron chi connectivity index (χ2n) is 4.22. The molecule has 6 nitrogen and oxygen atoms in total. The highest BCUT2D eigenvalue weighted by atomic mass is 32.2. The summed E-state index contributed by atoms with van der Waals surface area (Å²) in [5.41, 5.74) is 6.23. The van der Waals surface area contributed by atoms with Gasteiger partial charge in [-0.3, -0.25) is 9.59 Å². The number of thioether (sulfide) groups is 1. The molecule has 0 spiro atoms. The summed E-state index contributed by atoms with van der Waals surface area (Å²) in [6.07, 6.45) is 0. The number of amides is 1. The smallest absolute Gasteiger partial charge is 0.231 e. The van der Waals surface area contributed by atoms with Gasteiger partial charge in [0.25, 0.3) is 0 Å². The van der Waals surface area contributed by atoms with Gasteiger partial charge in [-0.05, 0) is 12.5 Å². The summed E-state index contributed by atoms with van der Waals surface area (Å²) in [7, 11) is 0. The van der Waals surface area contributed by atoms with Gasteiger partial charge >= 0.3 is 0 Å². The number of nitrogens with one attached hydrogen (secondary N) is 1. The van der Waals surface area contributed by atoms with E-state index in [2.05, 4.69) is 15.5 Å². The van der Waals surface area contributed by atoms with Gasteiger partial charge in [-0.25, -0.2) is 0 Å². The standard InChI is InChI=1S/C13H14N4O2S2/c1-8(18)11(9-5-3-2-4-6-9)15-10(19)7-20-13-17-16-12(14)21-13/h2-6,11H,7H2,1H3,(H2,14,16)(H,15,19)/t11-/m1/s1. The van der Waals surface area contributed by atoms with Crippen LogP contribution in [0.5, 0.6) is 0 Å². The lowest BCUT2D eigenvalue weighted by Crippen LogP contribution is -2.33. The predicted octanol–water partition coefficient (Wildman–Crippen LogP) is 1.66. The molecule has 110 valence electrons. The van der Waals surface area contributed by atoms with Crippen molar-refractivity contribution in [1.29, 1.82) is 0 Å². The number of hydrogen-bond donors (Lipinski definition) is 2. The molecule has 0 unspecified atom stereocenters. The third-order valence-corrected chi connectivity index (χ3v) is 4.48. The van der Waals surface area contributed by atoms with Gasteiger partial charge in [0.1, 0.15) is 6.04 Å². The highest BCUT2D eigenvalue weighted by molar-refractivity contribution is 8.01. The van der Waals surface area contributed by atoms with Gasteiger partial charge in [0.2, 0.25) is 11.0 Å². The number of benzene rings is 1. The van der Waals surface area contributed by atoms with Crippen LogP contribution in [-0.2, 0) is 9.59 Å². The van der Waals surface area contributed by atoms with Crippen LogP contribution >= 0.6 is 23.1 Å². The molecule has 0 aliphatic rings. The molecule has 3 N–H and O–H groups in total. The molecule has 2 rings (SSSR count). The Morgan fingerprint density at radius 3 is 2.62 bits per heavy atom. The van der Waals surface area contributed by atoms with Crippen molar-refractivity contribution in [2.75, 3.05) is 11.5 Å². The average Bonchev–Trinajstić information content (AvgIpc) is 2.89. The van der Waals surface area contributed by atoms with E-state index in [9.17, 15) is 9.59 Å². The Bertz CT molecular complexity index is 630. The minimum Gasteiger partial charge on any atom is -0.374 e. The molecular formula is C13H14N4O2S2. The van der Waals surface area contributed by atoms with Crippen LogP contribution in [0, 0.1) is 0 Å². The van der Waals surface area contributed by atoms with Gasteiger partial charge in [-0.2, -0.15) is 0 Å². The quantitative estimate of drug-likeness (QED) is 0.785. The molecule has 0 fully saturated rings. The molecule has 0 saturated carbocycles. The van der Waals surface area contributed by atoms with E-state index in [0.717, 1.165) is 5.56 Å². The molecule has 21 heavy (non-hydrogen) atoms. The Morgan fingerprint density at radius 1 is 1.33 bits per heavy atom. The van der Waals surface area contributed by atoms with Crippen LogP contribution in [0.15, 0.2) is 34.7 Å². The maximum absolute atomic E-state index is 12.0. The van der Waals surface area contributed by atoms with E-state index in [1.807, 2.05) is 30.3 Å². The Balaban J connectivity index is 1.94. The van der Waals surface area contributed by atoms with E-state index in [4.69, 9.17) is 5.73 Å². The third kappa shape index (κ3) is 4.54. The fourth-order valence-corrected chi connectivity index (χ4v) is 3.12. The normalized spacial score (nSPS) is 11.9. The van der Waals surface area contributed by atoms with Crippen molar-refractivity contribution in [3.8, 4) is 0 Å². The number of nitrogens with zero attached hydrogens (tertiary/aromatic N) is 2. The van der Waals surface area contributed by atoms with Crippen LogP contribution in [0.3, 0.4) is 0 Å². The Hall–Kier alpha value is -1.93. The van der Waals surface area contributed by atoms with Gasteiger partial charge in [0.15, 0.2) is 10.1 Å². The van der Waals surface area contributed by atoms with E-state index in [1.54, 1.807) is 0 Å². The number of carbonyl (C=O) groups is 2. The van der Waals surface area contributed by atoms with Crippen LogP contribution in [0.4, 0.5) is 5.13 Å².